The Balaban J connectivity index is 1.69. The summed E-state index contributed by atoms with van der Waals surface area (Å²) in [6.07, 6.45) is 0.280. The Morgan fingerprint density at radius 2 is 1.92 bits per heavy atom. The molecule has 2 fully saturated rings. The maximum atomic E-state index is 13.1. The maximum absolute atomic E-state index is 13.1. The number of piperazine rings is 1. The first-order valence-electron chi connectivity index (χ1n) is 8.80. The van der Waals surface area contributed by atoms with E-state index < -0.39 is 23.8 Å². The molecule has 0 aliphatic carbocycles. The highest BCUT2D eigenvalue weighted by molar-refractivity contribution is 6.25. The average molecular weight is 356 g/mol. The Kier molecular flexibility index (Phi) is 3.99. The number of piperidine rings is 1. The van der Waals surface area contributed by atoms with Crippen LogP contribution in [-0.4, -0.2) is 60.2 Å². The van der Waals surface area contributed by atoms with Gasteiger partial charge < -0.3 is 10.2 Å². The van der Waals surface area contributed by atoms with Crippen molar-refractivity contribution in [2.24, 2.45) is 0 Å². The zero-order valence-corrected chi connectivity index (χ0v) is 14.4. The van der Waals surface area contributed by atoms with E-state index in [-0.39, 0.29) is 24.8 Å². The Labute approximate surface area is 150 Å². The molecule has 26 heavy (non-hydrogen) atoms. The average Bonchev–Trinajstić information content (AvgIpc) is 2.87. The third-order valence-corrected chi connectivity index (χ3v) is 5.16. The lowest BCUT2D eigenvalue weighted by Crippen LogP contribution is -2.54. The van der Waals surface area contributed by atoms with E-state index in [0.717, 1.165) is 30.2 Å². The van der Waals surface area contributed by atoms with Crippen LogP contribution in [0.4, 0.5) is 5.69 Å². The number of carbonyl (C=O) groups is 4. The molecule has 3 aliphatic heterocycles. The highest BCUT2D eigenvalue weighted by atomic mass is 16.2. The van der Waals surface area contributed by atoms with Crippen molar-refractivity contribution in [1.82, 2.24) is 15.5 Å². The molecule has 0 aromatic heterocycles. The van der Waals surface area contributed by atoms with Crippen molar-refractivity contribution in [3.8, 4) is 0 Å². The Hall–Kier alpha value is -2.74. The fraction of sp³-hybridized carbons (Fsp3) is 0.444. The number of hydrogen-bond donors (Lipinski definition) is 2. The van der Waals surface area contributed by atoms with E-state index in [1.54, 1.807) is 12.1 Å². The summed E-state index contributed by atoms with van der Waals surface area (Å²) in [5.41, 5.74) is 1.41. The van der Waals surface area contributed by atoms with Crippen LogP contribution in [-0.2, 0) is 9.59 Å². The molecule has 0 radical (unpaired) electrons. The fourth-order valence-corrected chi connectivity index (χ4v) is 3.91. The van der Waals surface area contributed by atoms with Crippen LogP contribution in [0, 0.1) is 0 Å². The van der Waals surface area contributed by atoms with E-state index in [2.05, 4.69) is 22.5 Å². The number of carbonyl (C=O) groups excluding carboxylic acids is 4. The summed E-state index contributed by atoms with van der Waals surface area (Å²) in [5, 5.41) is 5.57. The largest absolute Gasteiger partial charge is 0.368 e. The quantitative estimate of drug-likeness (QED) is 0.717. The van der Waals surface area contributed by atoms with E-state index in [4.69, 9.17) is 0 Å². The van der Waals surface area contributed by atoms with Gasteiger partial charge in [-0.1, -0.05) is 6.07 Å². The number of nitrogens with zero attached hydrogens (tertiary/aromatic N) is 2. The summed E-state index contributed by atoms with van der Waals surface area (Å²) in [7, 11) is 0. The molecule has 3 aliphatic rings. The van der Waals surface area contributed by atoms with Gasteiger partial charge in [0, 0.05) is 32.1 Å². The second-order valence-corrected chi connectivity index (χ2v) is 6.95. The summed E-state index contributed by atoms with van der Waals surface area (Å²) in [6.45, 7) is 4.33. The van der Waals surface area contributed by atoms with Gasteiger partial charge in [0.2, 0.25) is 11.8 Å². The van der Waals surface area contributed by atoms with Gasteiger partial charge in [0.25, 0.3) is 11.8 Å². The molecule has 1 aromatic rings. The molecule has 0 saturated carbocycles. The Morgan fingerprint density at radius 1 is 1.12 bits per heavy atom. The molecule has 0 spiro atoms. The first-order chi connectivity index (χ1) is 12.5. The fourth-order valence-electron chi connectivity index (χ4n) is 3.91. The smallest absolute Gasteiger partial charge is 0.264 e. The molecule has 4 rings (SSSR count). The van der Waals surface area contributed by atoms with Crippen LogP contribution < -0.4 is 15.5 Å². The zero-order valence-electron chi connectivity index (χ0n) is 14.4. The molecular formula is C18H20N4O4. The van der Waals surface area contributed by atoms with Gasteiger partial charge in [0.15, 0.2) is 0 Å². The van der Waals surface area contributed by atoms with Gasteiger partial charge in [-0.3, -0.25) is 29.4 Å². The van der Waals surface area contributed by atoms with Gasteiger partial charge in [-0.15, -0.1) is 0 Å². The molecule has 2 saturated heterocycles. The van der Waals surface area contributed by atoms with E-state index in [1.807, 2.05) is 6.07 Å². The van der Waals surface area contributed by atoms with Crippen LogP contribution in [0.15, 0.2) is 18.2 Å². The van der Waals surface area contributed by atoms with Crippen LogP contribution in [0.3, 0.4) is 0 Å². The Bertz CT molecular complexity index is 821. The van der Waals surface area contributed by atoms with Crippen LogP contribution in [0.2, 0.25) is 0 Å². The van der Waals surface area contributed by atoms with Gasteiger partial charge in [-0.05, 0) is 25.5 Å². The highest BCUT2D eigenvalue weighted by Crippen LogP contribution is 2.34. The number of rotatable bonds is 2. The predicted octanol–water partition coefficient (Wildman–Crippen LogP) is -0.114. The third kappa shape index (κ3) is 2.57. The molecular weight excluding hydrogens is 336 g/mol. The van der Waals surface area contributed by atoms with E-state index in [1.165, 1.54) is 0 Å². The predicted molar refractivity (Wildman–Crippen MR) is 92.8 cm³/mol. The first kappa shape index (κ1) is 16.7. The minimum atomic E-state index is -0.935. The molecule has 2 unspecified atom stereocenters. The second-order valence-electron chi connectivity index (χ2n) is 6.95. The first-order valence-corrected chi connectivity index (χ1v) is 8.80. The molecule has 8 nitrogen and oxygen atoms in total. The molecule has 8 heteroatoms. The van der Waals surface area contributed by atoms with Gasteiger partial charge in [-0.2, -0.15) is 0 Å². The second kappa shape index (κ2) is 6.21. The number of fused-ring (bicyclic) bond motifs is 1. The summed E-state index contributed by atoms with van der Waals surface area (Å²) in [4.78, 5) is 52.6. The maximum Gasteiger partial charge on any atom is 0.264 e. The van der Waals surface area contributed by atoms with Crippen LogP contribution in [0.5, 0.6) is 0 Å². The normalized spacial score (nSPS) is 26.2. The van der Waals surface area contributed by atoms with Crippen LogP contribution >= 0.6 is 0 Å². The SMILES string of the molecule is CC1CN(c2cccc3c2C(=O)N(C2CCC(=O)NC2=O)C3=O)CCN1. The van der Waals surface area contributed by atoms with E-state index in [9.17, 15) is 19.2 Å². The minimum absolute atomic E-state index is 0.117. The molecule has 136 valence electrons. The van der Waals surface area contributed by atoms with Crippen LogP contribution in [0.25, 0.3) is 0 Å². The molecule has 2 atom stereocenters. The minimum Gasteiger partial charge on any atom is -0.368 e. The number of amides is 4. The molecule has 2 N–H and O–H groups in total. The monoisotopic (exact) mass is 356 g/mol. The summed E-state index contributed by atoms with van der Waals surface area (Å²) < 4.78 is 0. The van der Waals surface area contributed by atoms with E-state index in [0.29, 0.717) is 11.1 Å². The molecule has 1 aromatic carbocycles. The topological polar surface area (TPSA) is 98.8 Å². The number of anilines is 1. The van der Waals surface area contributed by atoms with Crippen molar-refractivity contribution < 1.29 is 19.2 Å². The number of benzene rings is 1. The zero-order chi connectivity index (χ0) is 18.4. The van der Waals surface area contributed by atoms with E-state index >= 15 is 0 Å². The molecule has 4 amide bonds. The van der Waals surface area contributed by atoms with Crippen molar-refractivity contribution in [2.45, 2.75) is 31.8 Å². The van der Waals surface area contributed by atoms with Gasteiger partial charge in [0.05, 0.1) is 16.8 Å². The van der Waals surface area contributed by atoms with Crippen molar-refractivity contribution in [2.75, 3.05) is 24.5 Å². The van der Waals surface area contributed by atoms with Crippen molar-refractivity contribution >= 4 is 29.3 Å². The molecule has 0 bridgehead atoms. The lowest BCUT2D eigenvalue weighted by Gasteiger charge is -2.34. The van der Waals surface area contributed by atoms with Crippen molar-refractivity contribution in [3.05, 3.63) is 29.3 Å². The number of hydrogen-bond acceptors (Lipinski definition) is 6. The van der Waals surface area contributed by atoms with Gasteiger partial charge in [0.1, 0.15) is 6.04 Å². The number of nitrogens with one attached hydrogen (secondary N) is 2. The summed E-state index contributed by atoms with van der Waals surface area (Å²) >= 11 is 0. The lowest BCUT2D eigenvalue weighted by molar-refractivity contribution is -0.136. The Morgan fingerprint density at radius 3 is 2.65 bits per heavy atom. The van der Waals surface area contributed by atoms with Crippen LogP contribution in [0.1, 0.15) is 40.5 Å². The van der Waals surface area contributed by atoms with Crippen molar-refractivity contribution in [3.63, 3.8) is 0 Å². The lowest BCUT2D eigenvalue weighted by atomic mass is 10.0. The third-order valence-electron chi connectivity index (χ3n) is 5.16. The van der Waals surface area contributed by atoms with Crippen molar-refractivity contribution in [1.29, 1.82) is 0 Å². The van der Waals surface area contributed by atoms with Gasteiger partial charge in [-0.25, -0.2) is 0 Å². The standard InChI is InChI=1S/C18H20N4O4/c1-10-9-21(8-7-19-10)12-4-2-3-11-15(12)18(26)22(17(11)25)13-5-6-14(23)20-16(13)24/h2-4,10,13,19H,5-9H2,1H3,(H,20,23,24). The molecule has 3 heterocycles. The highest BCUT2D eigenvalue weighted by Gasteiger charge is 2.46. The number of imide groups is 2. The summed E-state index contributed by atoms with van der Waals surface area (Å²) in [5.74, 6) is -1.89. The van der Waals surface area contributed by atoms with Gasteiger partial charge >= 0.3 is 0 Å². The summed E-state index contributed by atoms with van der Waals surface area (Å²) in [6, 6.07) is 4.57.